The highest BCUT2D eigenvalue weighted by Crippen LogP contribution is 2.33. The molecular weight excluding hydrogens is 274 g/mol. The third-order valence-electron chi connectivity index (χ3n) is 3.38. The first kappa shape index (κ1) is 14.6. The lowest BCUT2D eigenvalue weighted by Crippen LogP contribution is -2.21. The van der Waals surface area contributed by atoms with Crippen molar-refractivity contribution in [3.63, 3.8) is 0 Å². The van der Waals surface area contributed by atoms with E-state index < -0.39 is 0 Å². The van der Waals surface area contributed by atoms with Gasteiger partial charge in [0.2, 0.25) is 0 Å². The van der Waals surface area contributed by atoms with Crippen LogP contribution in [0.3, 0.4) is 0 Å². The Morgan fingerprint density at radius 1 is 1.16 bits per heavy atom. The molecule has 19 heavy (non-hydrogen) atoms. The average Bonchev–Trinajstić information content (AvgIpc) is 2.78. The number of hydrogen-bond donors (Lipinski definition) is 1. The van der Waals surface area contributed by atoms with E-state index in [4.69, 9.17) is 11.6 Å². The fourth-order valence-corrected chi connectivity index (χ4v) is 3.50. The molecule has 0 spiro atoms. The van der Waals surface area contributed by atoms with Crippen molar-refractivity contribution in [3.05, 3.63) is 55.7 Å². The Hall–Kier alpha value is -0.830. The normalized spacial score (nSPS) is 12.7. The highest BCUT2D eigenvalue weighted by Gasteiger charge is 2.18. The number of hydrogen-bond acceptors (Lipinski definition) is 2. The first-order chi connectivity index (χ1) is 9.02. The summed E-state index contributed by atoms with van der Waals surface area (Å²) in [6, 6.07) is 8.82. The fourth-order valence-electron chi connectivity index (χ4n) is 2.20. The van der Waals surface area contributed by atoms with E-state index in [0.717, 1.165) is 11.6 Å². The molecule has 2 aromatic rings. The Kier molecular flexibility index (Phi) is 4.67. The van der Waals surface area contributed by atoms with Gasteiger partial charge in [0, 0.05) is 14.8 Å². The molecule has 1 aromatic heterocycles. The van der Waals surface area contributed by atoms with Crippen LogP contribution in [0.15, 0.2) is 24.3 Å². The van der Waals surface area contributed by atoms with Gasteiger partial charge in [-0.05, 0) is 62.2 Å². The summed E-state index contributed by atoms with van der Waals surface area (Å²) in [4.78, 5) is 2.65. The topological polar surface area (TPSA) is 12.0 Å². The minimum atomic E-state index is 0.190. The lowest BCUT2D eigenvalue weighted by molar-refractivity contribution is 0.639. The molecule has 0 fully saturated rings. The highest BCUT2D eigenvalue weighted by molar-refractivity contribution is 7.12. The molecule has 0 aliphatic carbocycles. The molecule has 0 saturated heterocycles. The summed E-state index contributed by atoms with van der Waals surface area (Å²) in [7, 11) is 0. The SMILES string of the molecule is CCNC(c1ccc(C)s1)c1cc(C)c(C)cc1Cl. The molecule has 1 N–H and O–H groups in total. The van der Waals surface area contributed by atoms with Crippen molar-refractivity contribution >= 4 is 22.9 Å². The zero-order valence-electron chi connectivity index (χ0n) is 11.9. The molecular formula is C16H20ClNS. The maximum atomic E-state index is 6.45. The van der Waals surface area contributed by atoms with Crippen molar-refractivity contribution in [1.29, 1.82) is 0 Å². The molecule has 102 valence electrons. The summed E-state index contributed by atoms with van der Waals surface area (Å²) in [5.41, 5.74) is 3.70. The summed E-state index contributed by atoms with van der Waals surface area (Å²) in [5.74, 6) is 0. The molecule has 0 aliphatic heterocycles. The fraction of sp³-hybridized carbons (Fsp3) is 0.375. The third-order valence-corrected chi connectivity index (χ3v) is 4.77. The van der Waals surface area contributed by atoms with Crippen LogP contribution in [-0.2, 0) is 0 Å². The van der Waals surface area contributed by atoms with Crippen molar-refractivity contribution < 1.29 is 0 Å². The van der Waals surface area contributed by atoms with Crippen LogP contribution in [0.5, 0.6) is 0 Å². The van der Waals surface area contributed by atoms with E-state index in [9.17, 15) is 0 Å². The second-order valence-corrected chi connectivity index (χ2v) is 6.62. The van der Waals surface area contributed by atoms with Gasteiger partial charge in [0.05, 0.1) is 6.04 Å². The maximum absolute atomic E-state index is 6.45. The van der Waals surface area contributed by atoms with Gasteiger partial charge in [-0.25, -0.2) is 0 Å². The second-order valence-electron chi connectivity index (χ2n) is 4.90. The van der Waals surface area contributed by atoms with Crippen LogP contribution in [0.1, 0.15) is 39.4 Å². The van der Waals surface area contributed by atoms with E-state index in [1.54, 1.807) is 0 Å². The van der Waals surface area contributed by atoms with Gasteiger partial charge in [-0.1, -0.05) is 24.6 Å². The number of thiophene rings is 1. The van der Waals surface area contributed by atoms with Gasteiger partial charge in [-0.3, -0.25) is 0 Å². The lowest BCUT2D eigenvalue weighted by atomic mass is 9.99. The van der Waals surface area contributed by atoms with E-state index in [2.05, 4.69) is 57.3 Å². The van der Waals surface area contributed by atoms with Gasteiger partial charge >= 0.3 is 0 Å². The molecule has 1 atom stereocenters. The average molecular weight is 294 g/mol. The zero-order valence-corrected chi connectivity index (χ0v) is 13.5. The van der Waals surface area contributed by atoms with Gasteiger partial charge in [-0.15, -0.1) is 11.3 Å². The number of benzene rings is 1. The van der Waals surface area contributed by atoms with Crippen LogP contribution in [0.2, 0.25) is 5.02 Å². The number of nitrogens with one attached hydrogen (secondary N) is 1. The summed E-state index contributed by atoms with van der Waals surface area (Å²) < 4.78 is 0. The quantitative estimate of drug-likeness (QED) is 0.834. The number of rotatable bonds is 4. The summed E-state index contributed by atoms with van der Waals surface area (Å²) >= 11 is 8.28. The largest absolute Gasteiger partial charge is 0.306 e. The molecule has 0 saturated carbocycles. The number of aryl methyl sites for hydroxylation is 3. The lowest BCUT2D eigenvalue weighted by Gasteiger charge is -2.19. The van der Waals surface area contributed by atoms with Crippen molar-refractivity contribution in [2.45, 2.75) is 33.7 Å². The Balaban J connectivity index is 2.47. The van der Waals surface area contributed by atoms with E-state index in [1.165, 1.54) is 26.4 Å². The standard InChI is InChI=1S/C16H20ClNS/c1-5-18-16(15-7-6-12(4)19-15)13-8-10(2)11(3)9-14(13)17/h6-9,16,18H,5H2,1-4H3. The van der Waals surface area contributed by atoms with E-state index >= 15 is 0 Å². The molecule has 1 heterocycles. The van der Waals surface area contributed by atoms with Crippen LogP contribution in [0.25, 0.3) is 0 Å². The molecule has 0 aliphatic rings. The van der Waals surface area contributed by atoms with Crippen LogP contribution in [-0.4, -0.2) is 6.54 Å². The van der Waals surface area contributed by atoms with Crippen molar-refractivity contribution in [2.75, 3.05) is 6.54 Å². The third kappa shape index (κ3) is 3.19. The van der Waals surface area contributed by atoms with Crippen LogP contribution in [0, 0.1) is 20.8 Å². The van der Waals surface area contributed by atoms with Gasteiger partial charge < -0.3 is 5.32 Å². The van der Waals surface area contributed by atoms with E-state index in [-0.39, 0.29) is 6.04 Å². The molecule has 1 unspecified atom stereocenters. The van der Waals surface area contributed by atoms with Gasteiger partial charge in [-0.2, -0.15) is 0 Å². The first-order valence-corrected chi connectivity index (χ1v) is 7.78. The van der Waals surface area contributed by atoms with Crippen LogP contribution in [0.4, 0.5) is 0 Å². The second kappa shape index (κ2) is 6.08. The number of halogens is 1. The molecule has 1 aromatic carbocycles. The van der Waals surface area contributed by atoms with Gasteiger partial charge in [0.25, 0.3) is 0 Å². The Morgan fingerprint density at radius 2 is 1.84 bits per heavy atom. The van der Waals surface area contributed by atoms with Gasteiger partial charge in [0.1, 0.15) is 0 Å². The first-order valence-electron chi connectivity index (χ1n) is 6.59. The molecule has 0 bridgehead atoms. The Morgan fingerprint density at radius 3 is 2.42 bits per heavy atom. The molecule has 3 heteroatoms. The molecule has 0 radical (unpaired) electrons. The predicted octanol–water partition coefficient (Wildman–Crippen LogP) is 5.03. The van der Waals surface area contributed by atoms with Crippen molar-refractivity contribution in [2.24, 2.45) is 0 Å². The van der Waals surface area contributed by atoms with Crippen LogP contribution >= 0.6 is 22.9 Å². The van der Waals surface area contributed by atoms with Gasteiger partial charge in [0.15, 0.2) is 0 Å². The highest BCUT2D eigenvalue weighted by atomic mass is 35.5. The van der Waals surface area contributed by atoms with Crippen molar-refractivity contribution in [1.82, 2.24) is 5.32 Å². The predicted molar refractivity (Wildman–Crippen MR) is 85.5 cm³/mol. The summed E-state index contributed by atoms with van der Waals surface area (Å²) in [6.07, 6.45) is 0. The van der Waals surface area contributed by atoms with E-state index in [0.29, 0.717) is 0 Å². The van der Waals surface area contributed by atoms with E-state index in [1.807, 2.05) is 11.3 Å². The summed E-state index contributed by atoms with van der Waals surface area (Å²) in [5, 5.41) is 4.39. The Labute approximate surface area is 124 Å². The van der Waals surface area contributed by atoms with Crippen molar-refractivity contribution in [3.8, 4) is 0 Å². The smallest absolute Gasteiger partial charge is 0.0685 e. The molecule has 2 rings (SSSR count). The van der Waals surface area contributed by atoms with Crippen LogP contribution < -0.4 is 5.32 Å². The zero-order chi connectivity index (χ0) is 14.0. The Bertz CT molecular complexity index is 574. The molecule has 0 amide bonds. The molecule has 1 nitrogen and oxygen atoms in total. The minimum Gasteiger partial charge on any atom is -0.306 e. The monoisotopic (exact) mass is 293 g/mol. The maximum Gasteiger partial charge on any atom is 0.0685 e. The summed E-state index contributed by atoms with van der Waals surface area (Å²) in [6.45, 7) is 9.42. The minimum absolute atomic E-state index is 0.190.